The highest BCUT2D eigenvalue weighted by molar-refractivity contribution is 7.95. The summed E-state index contributed by atoms with van der Waals surface area (Å²) < 4.78 is 24.0. The molecule has 0 bridgehead atoms. The third kappa shape index (κ3) is 3.49. The zero-order chi connectivity index (χ0) is 11.5. The van der Waals surface area contributed by atoms with E-state index in [9.17, 15) is 8.42 Å². The molecule has 0 aromatic heterocycles. The van der Waals surface area contributed by atoms with Crippen molar-refractivity contribution in [3.8, 4) is 0 Å². The zero-order valence-electron chi connectivity index (χ0n) is 9.79. The normalized spacial score (nSPS) is 17.6. The fraction of sp³-hybridized carbons (Fsp3) is 0.667. The van der Waals surface area contributed by atoms with Gasteiger partial charge >= 0.3 is 0 Å². The van der Waals surface area contributed by atoms with Crippen molar-refractivity contribution in [2.45, 2.75) is 40.0 Å². The van der Waals surface area contributed by atoms with Gasteiger partial charge in [0.1, 0.15) is 0 Å². The average Bonchev–Trinajstić information content (AvgIpc) is 2.15. The van der Waals surface area contributed by atoms with Crippen LogP contribution in [0.5, 0.6) is 0 Å². The van der Waals surface area contributed by atoms with Crippen molar-refractivity contribution in [1.29, 1.82) is 0 Å². The summed E-state index contributed by atoms with van der Waals surface area (Å²) in [6.45, 7) is 5.99. The molecule has 0 aromatic carbocycles. The molecule has 0 saturated carbocycles. The Balaban J connectivity index is 2.82. The molecule has 0 fully saturated rings. The third-order valence-electron chi connectivity index (χ3n) is 2.69. The highest BCUT2D eigenvalue weighted by Crippen LogP contribution is 2.25. The monoisotopic (exact) mass is 228 g/mol. The lowest BCUT2D eigenvalue weighted by atomic mass is 10.1. The van der Waals surface area contributed by atoms with E-state index in [2.05, 4.69) is 13.8 Å². The van der Waals surface area contributed by atoms with Crippen LogP contribution in [0.4, 0.5) is 0 Å². The summed E-state index contributed by atoms with van der Waals surface area (Å²) >= 11 is 0. The summed E-state index contributed by atoms with van der Waals surface area (Å²) in [5, 5.41) is 0. The molecule has 15 heavy (non-hydrogen) atoms. The Hall–Kier alpha value is -0.570. The minimum Gasteiger partial charge on any atom is -0.224 e. The van der Waals surface area contributed by atoms with Crippen LogP contribution in [0.15, 0.2) is 22.6 Å². The minimum atomic E-state index is -3.00. The van der Waals surface area contributed by atoms with Gasteiger partial charge in [-0.05, 0) is 37.7 Å². The maximum atomic E-state index is 12.0. The average molecular weight is 228 g/mol. The Labute approximate surface area is 93.0 Å². The topological polar surface area (TPSA) is 34.1 Å². The van der Waals surface area contributed by atoms with E-state index in [4.69, 9.17) is 0 Å². The lowest BCUT2D eigenvalue weighted by Gasteiger charge is -2.14. The molecule has 0 heterocycles. The van der Waals surface area contributed by atoms with Gasteiger partial charge in [-0.2, -0.15) is 0 Å². The van der Waals surface area contributed by atoms with Crippen molar-refractivity contribution in [1.82, 2.24) is 0 Å². The van der Waals surface area contributed by atoms with Crippen molar-refractivity contribution < 1.29 is 8.42 Å². The summed E-state index contributed by atoms with van der Waals surface area (Å²) in [5.74, 6) is 0.741. The van der Waals surface area contributed by atoms with E-state index in [-0.39, 0.29) is 0 Å². The van der Waals surface area contributed by atoms with Crippen LogP contribution in [0.25, 0.3) is 0 Å². The second-order valence-corrected chi connectivity index (χ2v) is 6.68. The fourth-order valence-electron chi connectivity index (χ4n) is 1.68. The van der Waals surface area contributed by atoms with E-state index >= 15 is 0 Å². The summed E-state index contributed by atoms with van der Waals surface area (Å²) in [6.07, 6.45) is 6.25. The SMILES string of the molecule is CC1=C(S(=O)(=O)CCC(C)C)CCC=C1. The first-order chi connectivity index (χ1) is 6.93. The van der Waals surface area contributed by atoms with Crippen molar-refractivity contribution >= 4 is 9.84 Å². The number of allylic oxidation sites excluding steroid dienone is 4. The van der Waals surface area contributed by atoms with Gasteiger partial charge in [-0.1, -0.05) is 26.0 Å². The number of hydrogen-bond donors (Lipinski definition) is 0. The van der Waals surface area contributed by atoms with Crippen LogP contribution in [-0.2, 0) is 9.84 Å². The van der Waals surface area contributed by atoms with E-state index < -0.39 is 9.84 Å². The summed E-state index contributed by atoms with van der Waals surface area (Å²) in [5.41, 5.74) is 0.921. The van der Waals surface area contributed by atoms with Gasteiger partial charge in [0.15, 0.2) is 9.84 Å². The van der Waals surface area contributed by atoms with Gasteiger partial charge in [-0.25, -0.2) is 8.42 Å². The molecule has 0 amide bonds. The fourth-order valence-corrected chi connectivity index (χ4v) is 3.70. The molecule has 0 aromatic rings. The van der Waals surface area contributed by atoms with Crippen LogP contribution in [0.3, 0.4) is 0 Å². The van der Waals surface area contributed by atoms with Gasteiger partial charge in [-0.15, -0.1) is 0 Å². The van der Waals surface area contributed by atoms with Crippen molar-refractivity contribution in [3.05, 3.63) is 22.6 Å². The molecular formula is C12H20O2S. The Morgan fingerprint density at radius 3 is 2.60 bits per heavy atom. The lowest BCUT2D eigenvalue weighted by molar-refractivity contribution is 0.576. The van der Waals surface area contributed by atoms with Crippen molar-refractivity contribution in [2.75, 3.05) is 5.75 Å². The molecule has 0 aliphatic heterocycles. The van der Waals surface area contributed by atoms with Crippen LogP contribution in [0, 0.1) is 5.92 Å². The van der Waals surface area contributed by atoms with Gasteiger partial charge < -0.3 is 0 Å². The maximum Gasteiger partial charge on any atom is 0.174 e. The molecule has 0 atom stereocenters. The van der Waals surface area contributed by atoms with E-state index in [0.29, 0.717) is 23.0 Å². The first-order valence-corrected chi connectivity index (χ1v) is 7.18. The standard InChI is InChI=1S/C12H20O2S/c1-10(2)8-9-15(13,14)12-7-5-4-6-11(12)3/h4,6,10H,5,7-9H2,1-3H3. The van der Waals surface area contributed by atoms with E-state index in [0.717, 1.165) is 18.4 Å². The molecule has 3 heteroatoms. The second kappa shape index (κ2) is 4.97. The quantitative estimate of drug-likeness (QED) is 0.741. The third-order valence-corrected chi connectivity index (χ3v) is 4.74. The predicted octanol–water partition coefficient (Wildman–Crippen LogP) is 3.07. The number of rotatable bonds is 4. The Morgan fingerprint density at radius 1 is 1.40 bits per heavy atom. The largest absolute Gasteiger partial charge is 0.224 e. The molecule has 0 unspecified atom stereocenters. The van der Waals surface area contributed by atoms with Crippen LogP contribution >= 0.6 is 0 Å². The molecule has 1 aliphatic rings. The summed E-state index contributed by atoms with van der Waals surface area (Å²) in [6, 6.07) is 0. The maximum absolute atomic E-state index is 12.0. The highest BCUT2D eigenvalue weighted by atomic mass is 32.2. The minimum absolute atomic E-state index is 0.297. The van der Waals surface area contributed by atoms with Crippen LogP contribution in [0.1, 0.15) is 40.0 Å². The molecule has 2 nitrogen and oxygen atoms in total. The first kappa shape index (κ1) is 12.5. The Bertz CT molecular complexity index is 372. The van der Waals surface area contributed by atoms with Gasteiger partial charge in [0.25, 0.3) is 0 Å². The number of hydrogen-bond acceptors (Lipinski definition) is 2. The van der Waals surface area contributed by atoms with Crippen LogP contribution in [0.2, 0.25) is 0 Å². The first-order valence-electron chi connectivity index (χ1n) is 5.52. The zero-order valence-corrected chi connectivity index (χ0v) is 10.6. The molecular weight excluding hydrogens is 208 g/mol. The lowest BCUT2D eigenvalue weighted by Crippen LogP contribution is -2.13. The summed E-state index contributed by atoms with van der Waals surface area (Å²) in [4.78, 5) is 0.658. The highest BCUT2D eigenvalue weighted by Gasteiger charge is 2.20. The predicted molar refractivity (Wildman–Crippen MR) is 64.3 cm³/mol. The molecule has 0 N–H and O–H groups in total. The molecule has 1 rings (SSSR count). The van der Waals surface area contributed by atoms with E-state index in [1.165, 1.54) is 0 Å². The molecule has 0 spiro atoms. The van der Waals surface area contributed by atoms with Gasteiger partial charge in [0.05, 0.1) is 5.75 Å². The molecule has 0 saturated heterocycles. The smallest absolute Gasteiger partial charge is 0.174 e. The van der Waals surface area contributed by atoms with Crippen LogP contribution in [-0.4, -0.2) is 14.2 Å². The molecule has 1 aliphatic carbocycles. The summed E-state index contributed by atoms with van der Waals surface area (Å²) in [7, 11) is -3.00. The van der Waals surface area contributed by atoms with Gasteiger partial charge in [0.2, 0.25) is 0 Å². The van der Waals surface area contributed by atoms with E-state index in [1.54, 1.807) is 0 Å². The Kier molecular flexibility index (Phi) is 4.14. The number of sulfone groups is 1. The molecule has 86 valence electrons. The second-order valence-electron chi connectivity index (χ2n) is 4.55. The van der Waals surface area contributed by atoms with Crippen LogP contribution < -0.4 is 0 Å². The van der Waals surface area contributed by atoms with Gasteiger partial charge in [-0.3, -0.25) is 0 Å². The van der Waals surface area contributed by atoms with E-state index in [1.807, 2.05) is 19.1 Å². The molecule has 0 radical (unpaired) electrons. The van der Waals surface area contributed by atoms with Gasteiger partial charge in [0, 0.05) is 4.91 Å². The van der Waals surface area contributed by atoms with Crippen molar-refractivity contribution in [3.63, 3.8) is 0 Å². The Morgan fingerprint density at radius 2 is 2.07 bits per heavy atom. The van der Waals surface area contributed by atoms with Crippen molar-refractivity contribution in [2.24, 2.45) is 5.92 Å².